The summed E-state index contributed by atoms with van der Waals surface area (Å²) in [5.41, 5.74) is 8.95. The van der Waals surface area contributed by atoms with Crippen LogP contribution < -0.4 is 5.73 Å². The number of fused-ring (bicyclic) bond motifs is 1. The number of carbonyl (C=O) groups excluding carboxylic acids is 1. The van der Waals surface area contributed by atoms with E-state index >= 15 is 0 Å². The molecule has 1 amide bonds. The Hall–Kier alpha value is -1.71. The highest BCUT2D eigenvalue weighted by molar-refractivity contribution is 5.69. The number of nitrogen functional groups attached to an aromatic ring is 1. The molecular weight excluding hydrogens is 204 g/mol. The minimum absolute atomic E-state index is 0.253. The van der Waals surface area contributed by atoms with Crippen molar-refractivity contribution in [1.29, 1.82) is 0 Å². The van der Waals surface area contributed by atoms with E-state index in [1.54, 1.807) is 4.90 Å². The number of nitrogens with two attached hydrogens (primary N) is 1. The summed E-state index contributed by atoms with van der Waals surface area (Å²) in [5.74, 6) is 0. The van der Waals surface area contributed by atoms with Crippen molar-refractivity contribution in [2.75, 3.05) is 18.9 Å². The van der Waals surface area contributed by atoms with E-state index < -0.39 is 0 Å². The zero-order chi connectivity index (χ0) is 11.5. The number of carbonyl (C=O) groups is 1. The smallest absolute Gasteiger partial charge is 0.410 e. The van der Waals surface area contributed by atoms with Crippen molar-refractivity contribution in [3.63, 3.8) is 0 Å². The first kappa shape index (κ1) is 10.8. The number of hydrogen-bond donors (Lipinski definition) is 1. The Morgan fingerprint density at radius 3 is 3.12 bits per heavy atom. The van der Waals surface area contributed by atoms with E-state index in [4.69, 9.17) is 10.5 Å². The zero-order valence-electron chi connectivity index (χ0n) is 9.40. The number of nitrogens with zero attached hydrogens (tertiary/aromatic N) is 1. The van der Waals surface area contributed by atoms with Crippen molar-refractivity contribution < 1.29 is 9.53 Å². The van der Waals surface area contributed by atoms with Gasteiger partial charge in [0.2, 0.25) is 0 Å². The summed E-state index contributed by atoms with van der Waals surface area (Å²) in [6, 6.07) is 5.88. The Labute approximate surface area is 95.0 Å². The molecule has 4 nitrogen and oxygen atoms in total. The Kier molecular flexibility index (Phi) is 2.99. The molecule has 0 aliphatic carbocycles. The Morgan fingerprint density at radius 2 is 2.38 bits per heavy atom. The van der Waals surface area contributed by atoms with Gasteiger partial charge in [0.1, 0.15) is 0 Å². The number of ether oxygens (including phenoxy) is 1. The second-order valence-electron chi connectivity index (χ2n) is 3.86. The summed E-state index contributed by atoms with van der Waals surface area (Å²) in [6.07, 6.45) is 0.593. The van der Waals surface area contributed by atoms with Gasteiger partial charge >= 0.3 is 6.09 Å². The fourth-order valence-corrected chi connectivity index (χ4v) is 1.98. The molecule has 0 aromatic heterocycles. The lowest BCUT2D eigenvalue weighted by Gasteiger charge is -2.28. The monoisotopic (exact) mass is 220 g/mol. The van der Waals surface area contributed by atoms with Crippen LogP contribution in [0.2, 0.25) is 0 Å². The molecule has 0 saturated carbocycles. The molecule has 0 unspecified atom stereocenters. The molecule has 1 aliphatic rings. The van der Waals surface area contributed by atoms with Crippen LogP contribution in [0.25, 0.3) is 0 Å². The van der Waals surface area contributed by atoms with Gasteiger partial charge in [0.15, 0.2) is 0 Å². The van der Waals surface area contributed by atoms with Crippen molar-refractivity contribution in [1.82, 2.24) is 4.90 Å². The normalized spacial score (nSPS) is 14.4. The van der Waals surface area contributed by atoms with Crippen molar-refractivity contribution in [3.8, 4) is 0 Å². The first-order valence-electron chi connectivity index (χ1n) is 5.50. The summed E-state index contributed by atoms with van der Waals surface area (Å²) >= 11 is 0. The van der Waals surface area contributed by atoms with Gasteiger partial charge in [0, 0.05) is 12.2 Å². The molecule has 2 rings (SSSR count). The third-order valence-corrected chi connectivity index (χ3v) is 2.84. The van der Waals surface area contributed by atoms with E-state index in [1.807, 2.05) is 19.1 Å². The van der Waals surface area contributed by atoms with Crippen LogP contribution in [0.15, 0.2) is 18.2 Å². The molecule has 0 spiro atoms. The van der Waals surface area contributed by atoms with Crippen LogP contribution in [0.3, 0.4) is 0 Å². The van der Waals surface area contributed by atoms with Gasteiger partial charge in [-0.05, 0) is 30.5 Å². The van der Waals surface area contributed by atoms with Gasteiger partial charge in [0.25, 0.3) is 0 Å². The van der Waals surface area contributed by atoms with E-state index in [9.17, 15) is 4.79 Å². The van der Waals surface area contributed by atoms with Crippen molar-refractivity contribution in [2.24, 2.45) is 0 Å². The van der Waals surface area contributed by atoms with Crippen molar-refractivity contribution in [3.05, 3.63) is 29.3 Å². The maximum atomic E-state index is 11.6. The van der Waals surface area contributed by atoms with Crippen LogP contribution in [0.4, 0.5) is 10.5 Å². The molecule has 16 heavy (non-hydrogen) atoms. The molecule has 86 valence electrons. The van der Waals surface area contributed by atoms with Crippen molar-refractivity contribution >= 4 is 11.8 Å². The van der Waals surface area contributed by atoms with E-state index in [1.165, 1.54) is 5.56 Å². The number of hydrogen-bond acceptors (Lipinski definition) is 3. The molecule has 1 aromatic rings. The SMILES string of the molecule is CCOC(=O)N1CCc2cccc(N)c2C1. The predicted molar refractivity (Wildman–Crippen MR) is 62.0 cm³/mol. The van der Waals surface area contributed by atoms with Crippen LogP contribution in [-0.2, 0) is 17.7 Å². The predicted octanol–water partition coefficient (Wildman–Crippen LogP) is 1.78. The van der Waals surface area contributed by atoms with Gasteiger partial charge in [-0.3, -0.25) is 0 Å². The van der Waals surface area contributed by atoms with E-state index in [0.717, 1.165) is 17.7 Å². The van der Waals surface area contributed by atoms with E-state index in [0.29, 0.717) is 19.7 Å². The molecule has 0 fully saturated rings. The fraction of sp³-hybridized carbons (Fsp3) is 0.417. The minimum Gasteiger partial charge on any atom is -0.450 e. The van der Waals surface area contributed by atoms with Gasteiger partial charge in [-0.2, -0.15) is 0 Å². The summed E-state index contributed by atoms with van der Waals surface area (Å²) in [5, 5.41) is 0. The highest BCUT2D eigenvalue weighted by Gasteiger charge is 2.22. The number of anilines is 1. The van der Waals surface area contributed by atoms with Gasteiger partial charge in [0.05, 0.1) is 13.2 Å². The highest BCUT2D eigenvalue weighted by atomic mass is 16.6. The highest BCUT2D eigenvalue weighted by Crippen LogP contribution is 2.24. The van der Waals surface area contributed by atoms with Crippen LogP contribution in [-0.4, -0.2) is 24.1 Å². The number of rotatable bonds is 1. The summed E-state index contributed by atoms with van der Waals surface area (Å²) in [7, 11) is 0. The Bertz CT molecular complexity index is 404. The second kappa shape index (κ2) is 4.43. The lowest BCUT2D eigenvalue weighted by Crippen LogP contribution is -2.36. The topological polar surface area (TPSA) is 55.6 Å². The third kappa shape index (κ3) is 1.96. The molecule has 2 N–H and O–H groups in total. The quantitative estimate of drug-likeness (QED) is 0.734. The van der Waals surface area contributed by atoms with E-state index in [-0.39, 0.29) is 6.09 Å². The average molecular weight is 220 g/mol. The summed E-state index contributed by atoms with van der Waals surface area (Å²) in [6.45, 7) is 3.48. The minimum atomic E-state index is -0.253. The molecule has 1 heterocycles. The summed E-state index contributed by atoms with van der Waals surface area (Å²) in [4.78, 5) is 13.3. The summed E-state index contributed by atoms with van der Waals surface area (Å²) < 4.78 is 4.98. The van der Waals surface area contributed by atoms with Gasteiger partial charge < -0.3 is 15.4 Å². The standard InChI is InChI=1S/C12H16N2O2/c1-2-16-12(15)14-7-6-9-4-3-5-11(13)10(9)8-14/h3-5H,2,6-8,13H2,1H3. The lowest BCUT2D eigenvalue weighted by atomic mass is 9.98. The third-order valence-electron chi connectivity index (χ3n) is 2.84. The largest absolute Gasteiger partial charge is 0.450 e. The molecule has 1 aliphatic heterocycles. The fourth-order valence-electron chi connectivity index (χ4n) is 1.98. The molecular formula is C12H16N2O2. The first-order valence-corrected chi connectivity index (χ1v) is 5.50. The first-order chi connectivity index (χ1) is 7.72. The van der Waals surface area contributed by atoms with Gasteiger partial charge in [-0.15, -0.1) is 0 Å². The molecule has 1 aromatic carbocycles. The number of amides is 1. The zero-order valence-corrected chi connectivity index (χ0v) is 9.40. The molecule has 0 atom stereocenters. The van der Waals surface area contributed by atoms with Crippen LogP contribution >= 0.6 is 0 Å². The lowest BCUT2D eigenvalue weighted by molar-refractivity contribution is 0.103. The maximum absolute atomic E-state index is 11.6. The van der Waals surface area contributed by atoms with Gasteiger partial charge in [-0.1, -0.05) is 12.1 Å². The Morgan fingerprint density at radius 1 is 1.56 bits per heavy atom. The number of benzene rings is 1. The molecule has 0 saturated heterocycles. The van der Waals surface area contributed by atoms with Crippen LogP contribution in [0, 0.1) is 0 Å². The second-order valence-corrected chi connectivity index (χ2v) is 3.86. The van der Waals surface area contributed by atoms with Gasteiger partial charge in [-0.25, -0.2) is 4.79 Å². The van der Waals surface area contributed by atoms with E-state index in [2.05, 4.69) is 6.07 Å². The molecule has 4 heteroatoms. The van der Waals surface area contributed by atoms with Crippen LogP contribution in [0.1, 0.15) is 18.1 Å². The average Bonchev–Trinajstić information content (AvgIpc) is 2.29. The molecule has 0 bridgehead atoms. The Balaban J connectivity index is 2.17. The molecule has 0 radical (unpaired) electrons. The van der Waals surface area contributed by atoms with Crippen molar-refractivity contribution in [2.45, 2.75) is 19.9 Å². The maximum Gasteiger partial charge on any atom is 0.410 e. The van der Waals surface area contributed by atoms with Crippen LogP contribution in [0.5, 0.6) is 0 Å².